The molecule has 2 aromatic heterocycles. The van der Waals surface area contributed by atoms with Gasteiger partial charge in [0.15, 0.2) is 5.96 Å². The minimum Gasteiger partial charge on any atom is -0.357 e. The van der Waals surface area contributed by atoms with E-state index in [4.69, 9.17) is 4.99 Å². The summed E-state index contributed by atoms with van der Waals surface area (Å²) in [4.78, 5) is 11.7. The number of rotatable bonds is 7. The Balaban J connectivity index is 0.00000306. The van der Waals surface area contributed by atoms with E-state index in [1.54, 1.807) is 0 Å². The number of guanidine groups is 1. The predicted octanol–water partition coefficient (Wildman–Crippen LogP) is 4.36. The van der Waals surface area contributed by atoms with Gasteiger partial charge < -0.3 is 15.5 Å². The van der Waals surface area contributed by atoms with E-state index in [9.17, 15) is 0 Å². The van der Waals surface area contributed by atoms with Crippen LogP contribution in [0, 0.1) is 13.8 Å². The van der Waals surface area contributed by atoms with Crippen LogP contribution in [0.3, 0.4) is 0 Å². The topological polar surface area (TPSA) is 70.4 Å². The van der Waals surface area contributed by atoms with Crippen LogP contribution in [0.15, 0.2) is 53.7 Å². The average molecular weight is 560 g/mol. The molecule has 8 heteroatoms. The predicted molar refractivity (Wildman–Crippen MR) is 146 cm³/mol. The summed E-state index contributed by atoms with van der Waals surface area (Å²) < 4.78 is 2.01. The van der Waals surface area contributed by atoms with Crippen LogP contribution in [0.25, 0.3) is 5.69 Å². The zero-order valence-electron chi connectivity index (χ0n) is 19.7. The summed E-state index contributed by atoms with van der Waals surface area (Å²) in [5, 5.41) is 11.5. The molecule has 2 N–H and O–H groups in total. The highest BCUT2D eigenvalue weighted by Gasteiger charge is 2.13. The highest BCUT2D eigenvalue weighted by atomic mass is 127. The molecule has 3 heterocycles. The lowest BCUT2D eigenvalue weighted by molar-refractivity contribution is 0.783. The van der Waals surface area contributed by atoms with Crippen molar-refractivity contribution in [1.29, 1.82) is 0 Å². The molecule has 0 spiro atoms. The summed E-state index contributed by atoms with van der Waals surface area (Å²) >= 11 is 0. The number of hydrogen-bond acceptors (Lipinski definition) is 4. The Morgan fingerprint density at radius 1 is 1.06 bits per heavy atom. The first-order valence-corrected chi connectivity index (χ1v) is 11.5. The van der Waals surface area contributed by atoms with Crippen molar-refractivity contribution in [1.82, 2.24) is 25.4 Å². The summed E-state index contributed by atoms with van der Waals surface area (Å²) in [7, 11) is 0. The zero-order chi connectivity index (χ0) is 22.3. The number of aliphatic imine (C=N–C) groups is 1. The fraction of sp³-hybridized carbons (Fsp3) is 0.400. The Labute approximate surface area is 213 Å². The second kappa shape index (κ2) is 12.0. The van der Waals surface area contributed by atoms with Crippen LogP contribution in [-0.2, 0) is 13.1 Å². The second-order valence-electron chi connectivity index (χ2n) is 8.23. The van der Waals surface area contributed by atoms with Crippen LogP contribution in [0.5, 0.6) is 0 Å². The molecule has 0 unspecified atom stereocenters. The first-order valence-electron chi connectivity index (χ1n) is 11.5. The number of hydrogen-bond donors (Lipinski definition) is 2. The van der Waals surface area contributed by atoms with E-state index in [0.717, 1.165) is 48.5 Å². The smallest absolute Gasteiger partial charge is 0.191 e. The van der Waals surface area contributed by atoms with Gasteiger partial charge in [-0.3, -0.25) is 0 Å². The summed E-state index contributed by atoms with van der Waals surface area (Å²) in [6, 6.07) is 14.7. The van der Waals surface area contributed by atoms with Gasteiger partial charge in [0.1, 0.15) is 5.82 Å². The van der Waals surface area contributed by atoms with Crippen LogP contribution in [0.4, 0.5) is 5.82 Å². The molecule has 176 valence electrons. The maximum absolute atomic E-state index is 4.82. The van der Waals surface area contributed by atoms with E-state index in [-0.39, 0.29) is 24.0 Å². The Hall–Kier alpha value is -2.62. The van der Waals surface area contributed by atoms with Crippen molar-refractivity contribution in [2.24, 2.45) is 4.99 Å². The standard InChI is InChI=1S/C25H33N7.HI/c1-4-26-25(28-17-21-11-12-27-24(16-21)31-13-7-8-14-31)29-18-22-9-5-6-10-23(22)32-20(3)15-19(2)30-32;/h5-6,9-12,15-16H,4,7-8,13-14,17-18H2,1-3H3,(H2,26,28,29);1H. The third kappa shape index (κ3) is 6.46. The molecule has 1 aliphatic heterocycles. The van der Waals surface area contributed by atoms with E-state index >= 15 is 0 Å². The molecule has 7 nitrogen and oxygen atoms in total. The van der Waals surface area contributed by atoms with E-state index in [0.29, 0.717) is 13.1 Å². The molecule has 0 atom stereocenters. The first kappa shape index (κ1) is 25.0. The maximum Gasteiger partial charge on any atom is 0.191 e. The Morgan fingerprint density at radius 3 is 2.58 bits per heavy atom. The summed E-state index contributed by atoms with van der Waals surface area (Å²) in [6.07, 6.45) is 4.39. The van der Waals surface area contributed by atoms with Crippen LogP contribution in [0.2, 0.25) is 0 Å². The molecule has 1 saturated heterocycles. The minimum absolute atomic E-state index is 0. The number of aromatic nitrogens is 3. The molecule has 0 bridgehead atoms. The normalized spacial score (nSPS) is 13.7. The SMILES string of the molecule is CCNC(=NCc1ccnc(N2CCCC2)c1)NCc1ccccc1-n1nc(C)cc1C.I. The van der Waals surface area contributed by atoms with Crippen molar-refractivity contribution in [3.63, 3.8) is 0 Å². The van der Waals surface area contributed by atoms with E-state index in [1.165, 1.54) is 24.0 Å². The number of nitrogens with one attached hydrogen (secondary N) is 2. The number of anilines is 1. The number of pyridine rings is 1. The largest absolute Gasteiger partial charge is 0.357 e. The number of benzene rings is 1. The van der Waals surface area contributed by atoms with Crippen LogP contribution < -0.4 is 15.5 Å². The monoisotopic (exact) mass is 559 g/mol. The van der Waals surface area contributed by atoms with Crippen molar-refractivity contribution < 1.29 is 0 Å². The lowest BCUT2D eigenvalue weighted by atomic mass is 10.1. The van der Waals surface area contributed by atoms with Gasteiger partial charge in [-0.15, -0.1) is 24.0 Å². The molecule has 0 radical (unpaired) electrons. The van der Waals surface area contributed by atoms with Crippen LogP contribution in [0.1, 0.15) is 42.3 Å². The van der Waals surface area contributed by atoms with Crippen molar-refractivity contribution in [3.05, 3.63) is 71.2 Å². The van der Waals surface area contributed by atoms with Gasteiger partial charge in [0.05, 0.1) is 17.9 Å². The molecule has 0 saturated carbocycles. The number of halogens is 1. The highest BCUT2D eigenvalue weighted by molar-refractivity contribution is 14.0. The fourth-order valence-electron chi connectivity index (χ4n) is 4.11. The van der Waals surface area contributed by atoms with E-state index in [2.05, 4.69) is 75.9 Å². The fourth-order valence-corrected chi connectivity index (χ4v) is 4.11. The van der Waals surface area contributed by atoms with Crippen LogP contribution >= 0.6 is 24.0 Å². The molecule has 3 aromatic rings. The molecular weight excluding hydrogens is 525 g/mol. The average Bonchev–Trinajstić information content (AvgIpc) is 3.46. The second-order valence-corrected chi connectivity index (χ2v) is 8.23. The molecule has 0 amide bonds. The van der Waals surface area contributed by atoms with Gasteiger partial charge in [-0.2, -0.15) is 5.10 Å². The molecule has 4 rings (SSSR count). The third-order valence-corrected chi connectivity index (χ3v) is 5.68. The van der Waals surface area contributed by atoms with Gasteiger partial charge in [-0.05, 0) is 69.0 Å². The Bertz CT molecular complexity index is 1070. The number of para-hydroxylation sites is 1. The highest BCUT2D eigenvalue weighted by Crippen LogP contribution is 2.19. The number of aryl methyl sites for hydroxylation is 2. The first-order chi connectivity index (χ1) is 15.6. The summed E-state index contributed by atoms with van der Waals surface area (Å²) in [5.41, 5.74) is 5.57. The zero-order valence-corrected chi connectivity index (χ0v) is 22.0. The lowest BCUT2D eigenvalue weighted by Crippen LogP contribution is -2.37. The third-order valence-electron chi connectivity index (χ3n) is 5.68. The van der Waals surface area contributed by atoms with E-state index < -0.39 is 0 Å². The van der Waals surface area contributed by atoms with E-state index in [1.807, 2.05) is 23.9 Å². The van der Waals surface area contributed by atoms with Gasteiger partial charge in [0.2, 0.25) is 0 Å². The Kier molecular flexibility index (Phi) is 9.11. The van der Waals surface area contributed by atoms with Crippen molar-refractivity contribution >= 4 is 35.8 Å². The molecule has 1 fully saturated rings. The molecule has 0 aliphatic carbocycles. The quantitative estimate of drug-likeness (QED) is 0.256. The van der Waals surface area contributed by atoms with Gasteiger partial charge in [0.25, 0.3) is 0 Å². The molecule has 33 heavy (non-hydrogen) atoms. The molecular formula is C25H34IN7. The molecule has 1 aromatic carbocycles. The van der Waals surface area contributed by atoms with Crippen molar-refractivity contribution in [2.75, 3.05) is 24.5 Å². The van der Waals surface area contributed by atoms with Crippen LogP contribution in [-0.4, -0.2) is 40.4 Å². The number of nitrogens with zero attached hydrogens (tertiary/aromatic N) is 5. The molecule has 1 aliphatic rings. The maximum atomic E-state index is 4.82. The van der Waals surface area contributed by atoms with Gasteiger partial charge >= 0.3 is 0 Å². The van der Waals surface area contributed by atoms with Crippen molar-refractivity contribution in [2.45, 2.75) is 46.7 Å². The lowest BCUT2D eigenvalue weighted by Gasteiger charge is -2.17. The Morgan fingerprint density at radius 2 is 1.85 bits per heavy atom. The van der Waals surface area contributed by atoms with Crippen molar-refractivity contribution in [3.8, 4) is 5.69 Å². The minimum atomic E-state index is 0. The van der Waals surface area contributed by atoms with Gasteiger partial charge in [0, 0.05) is 38.1 Å². The summed E-state index contributed by atoms with van der Waals surface area (Å²) in [5.74, 6) is 1.86. The summed E-state index contributed by atoms with van der Waals surface area (Å²) in [6.45, 7) is 10.5. The van der Waals surface area contributed by atoms with Gasteiger partial charge in [-0.25, -0.2) is 14.7 Å². The van der Waals surface area contributed by atoms with Gasteiger partial charge in [-0.1, -0.05) is 18.2 Å².